The van der Waals surface area contributed by atoms with E-state index in [9.17, 15) is 4.79 Å². The zero-order valence-electron chi connectivity index (χ0n) is 20.4. The maximum atomic E-state index is 13.2. The first-order valence-electron chi connectivity index (χ1n) is 12.0. The van der Waals surface area contributed by atoms with Gasteiger partial charge in [0.25, 0.3) is 0 Å². The maximum Gasteiger partial charge on any atom is 0.224 e. The van der Waals surface area contributed by atoms with Crippen molar-refractivity contribution in [2.75, 3.05) is 40.5 Å². The summed E-state index contributed by atoms with van der Waals surface area (Å²) in [6.07, 6.45) is 3.41. The monoisotopic (exact) mass is 475 g/mol. The summed E-state index contributed by atoms with van der Waals surface area (Å²) in [6.45, 7) is 3.20. The molecule has 3 aromatic rings. The molecule has 1 N–H and O–H groups in total. The van der Waals surface area contributed by atoms with Crippen LogP contribution in [-0.2, 0) is 4.79 Å². The Morgan fingerprint density at radius 3 is 2.17 bits per heavy atom. The highest BCUT2D eigenvalue weighted by atomic mass is 16.5. The van der Waals surface area contributed by atoms with Gasteiger partial charge < -0.3 is 19.5 Å². The minimum Gasteiger partial charge on any atom is -0.497 e. The SMILES string of the molecule is COc1ccc(OCCN2CCC(C(=O)NC(c3ccc(OC)cc3)c3ccccn3)CC2)cc1. The van der Waals surface area contributed by atoms with Gasteiger partial charge in [0.2, 0.25) is 5.91 Å². The largest absolute Gasteiger partial charge is 0.497 e. The first-order valence-corrected chi connectivity index (χ1v) is 12.0. The quantitative estimate of drug-likeness (QED) is 0.476. The minimum atomic E-state index is -0.300. The summed E-state index contributed by atoms with van der Waals surface area (Å²) in [7, 11) is 3.29. The molecule has 0 saturated carbocycles. The van der Waals surface area contributed by atoms with Gasteiger partial charge in [-0.15, -0.1) is 0 Å². The molecule has 1 amide bonds. The number of piperidine rings is 1. The van der Waals surface area contributed by atoms with Crippen LogP contribution in [0.4, 0.5) is 0 Å². The van der Waals surface area contributed by atoms with E-state index in [0.717, 1.165) is 61.0 Å². The summed E-state index contributed by atoms with van der Waals surface area (Å²) in [4.78, 5) is 20.1. The molecular formula is C28H33N3O4. The lowest BCUT2D eigenvalue weighted by molar-refractivity contribution is -0.127. The Kier molecular flexibility index (Phi) is 8.57. The Hall–Kier alpha value is -3.58. The fourth-order valence-electron chi connectivity index (χ4n) is 4.31. The molecule has 1 fully saturated rings. The molecule has 1 aromatic heterocycles. The van der Waals surface area contributed by atoms with Crippen LogP contribution in [0.3, 0.4) is 0 Å². The second-order valence-electron chi connectivity index (χ2n) is 8.61. The molecule has 7 nitrogen and oxygen atoms in total. The van der Waals surface area contributed by atoms with Gasteiger partial charge in [-0.1, -0.05) is 18.2 Å². The number of likely N-dealkylation sites (tertiary alicyclic amines) is 1. The molecule has 0 aliphatic carbocycles. The van der Waals surface area contributed by atoms with E-state index in [1.807, 2.05) is 66.7 Å². The summed E-state index contributed by atoms with van der Waals surface area (Å²) >= 11 is 0. The maximum absolute atomic E-state index is 13.2. The van der Waals surface area contributed by atoms with Crippen molar-refractivity contribution in [2.45, 2.75) is 18.9 Å². The lowest BCUT2D eigenvalue weighted by atomic mass is 9.94. The molecule has 7 heteroatoms. The summed E-state index contributed by atoms with van der Waals surface area (Å²) in [5, 5.41) is 3.25. The average molecular weight is 476 g/mol. The number of hydrogen-bond donors (Lipinski definition) is 1. The number of ether oxygens (including phenoxy) is 3. The lowest BCUT2D eigenvalue weighted by Gasteiger charge is -2.32. The summed E-state index contributed by atoms with van der Waals surface area (Å²) < 4.78 is 16.3. The molecule has 184 valence electrons. The van der Waals surface area contributed by atoms with Crippen molar-refractivity contribution in [3.05, 3.63) is 84.2 Å². The van der Waals surface area contributed by atoms with Crippen molar-refractivity contribution in [3.8, 4) is 17.2 Å². The molecule has 2 aromatic carbocycles. The fourth-order valence-corrected chi connectivity index (χ4v) is 4.31. The van der Waals surface area contributed by atoms with Gasteiger partial charge in [0, 0.05) is 18.7 Å². The van der Waals surface area contributed by atoms with E-state index in [2.05, 4.69) is 15.2 Å². The number of aromatic nitrogens is 1. The Morgan fingerprint density at radius 2 is 1.57 bits per heavy atom. The number of nitrogens with zero attached hydrogens (tertiary/aromatic N) is 2. The highest BCUT2D eigenvalue weighted by molar-refractivity contribution is 5.79. The molecule has 1 unspecified atom stereocenters. The molecule has 0 spiro atoms. The van der Waals surface area contributed by atoms with Crippen molar-refractivity contribution in [1.82, 2.24) is 15.2 Å². The van der Waals surface area contributed by atoms with Gasteiger partial charge in [-0.05, 0) is 80.0 Å². The number of rotatable bonds is 10. The third kappa shape index (κ3) is 6.73. The predicted octanol–water partition coefficient (Wildman–Crippen LogP) is 4.10. The minimum absolute atomic E-state index is 0.0155. The molecule has 1 atom stereocenters. The summed E-state index contributed by atoms with van der Waals surface area (Å²) in [6, 6.07) is 20.8. The Balaban J connectivity index is 1.29. The predicted molar refractivity (Wildman–Crippen MR) is 135 cm³/mol. The number of benzene rings is 2. The van der Waals surface area contributed by atoms with Crippen LogP contribution in [-0.4, -0.2) is 56.3 Å². The number of methoxy groups -OCH3 is 2. The zero-order chi connectivity index (χ0) is 24.5. The van der Waals surface area contributed by atoms with E-state index in [1.165, 1.54) is 0 Å². The molecule has 2 heterocycles. The molecule has 1 aliphatic rings. The van der Waals surface area contributed by atoms with Crippen LogP contribution in [0, 0.1) is 5.92 Å². The Labute approximate surface area is 207 Å². The lowest BCUT2D eigenvalue weighted by Crippen LogP contribution is -2.42. The number of hydrogen-bond acceptors (Lipinski definition) is 6. The van der Waals surface area contributed by atoms with E-state index >= 15 is 0 Å². The van der Waals surface area contributed by atoms with Crippen molar-refractivity contribution in [2.24, 2.45) is 5.92 Å². The number of pyridine rings is 1. The number of carbonyl (C=O) groups excluding carboxylic acids is 1. The third-order valence-corrected chi connectivity index (χ3v) is 6.41. The number of amides is 1. The molecule has 4 rings (SSSR count). The molecule has 0 bridgehead atoms. The molecule has 35 heavy (non-hydrogen) atoms. The van der Waals surface area contributed by atoms with Gasteiger partial charge in [0.05, 0.1) is 26.0 Å². The number of nitrogens with one attached hydrogen (secondary N) is 1. The van der Waals surface area contributed by atoms with Gasteiger partial charge in [0.1, 0.15) is 23.9 Å². The summed E-state index contributed by atoms with van der Waals surface area (Å²) in [5.41, 5.74) is 1.80. The molecule has 0 radical (unpaired) electrons. The van der Waals surface area contributed by atoms with E-state index < -0.39 is 0 Å². The van der Waals surface area contributed by atoms with Crippen molar-refractivity contribution in [1.29, 1.82) is 0 Å². The summed E-state index contributed by atoms with van der Waals surface area (Å²) in [5.74, 6) is 2.49. The zero-order valence-corrected chi connectivity index (χ0v) is 20.4. The second kappa shape index (κ2) is 12.2. The number of carbonyl (C=O) groups is 1. The second-order valence-corrected chi connectivity index (χ2v) is 8.61. The van der Waals surface area contributed by atoms with Crippen LogP contribution in [0.25, 0.3) is 0 Å². The highest BCUT2D eigenvalue weighted by Gasteiger charge is 2.27. The average Bonchev–Trinajstić information content (AvgIpc) is 2.93. The van der Waals surface area contributed by atoms with E-state index in [-0.39, 0.29) is 17.9 Å². The Bertz CT molecular complexity index is 1050. The van der Waals surface area contributed by atoms with Crippen LogP contribution in [0.5, 0.6) is 17.2 Å². The van der Waals surface area contributed by atoms with E-state index in [4.69, 9.17) is 14.2 Å². The smallest absolute Gasteiger partial charge is 0.224 e. The van der Waals surface area contributed by atoms with Crippen molar-refractivity contribution >= 4 is 5.91 Å². The van der Waals surface area contributed by atoms with Gasteiger partial charge in [-0.25, -0.2) is 0 Å². The van der Waals surface area contributed by atoms with Crippen LogP contribution in [0.1, 0.15) is 30.1 Å². The van der Waals surface area contributed by atoms with Crippen LogP contribution < -0.4 is 19.5 Å². The van der Waals surface area contributed by atoms with E-state index in [0.29, 0.717) is 6.61 Å². The normalized spacial score (nSPS) is 15.3. The molecule has 1 saturated heterocycles. The Morgan fingerprint density at radius 1 is 0.943 bits per heavy atom. The third-order valence-electron chi connectivity index (χ3n) is 6.41. The highest BCUT2D eigenvalue weighted by Crippen LogP contribution is 2.25. The fraction of sp³-hybridized carbons (Fsp3) is 0.357. The van der Waals surface area contributed by atoms with E-state index in [1.54, 1.807) is 20.4 Å². The van der Waals surface area contributed by atoms with Crippen LogP contribution >= 0.6 is 0 Å². The first-order chi connectivity index (χ1) is 17.2. The first kappa shape index (κ1) is 24.5. The van der Waals surface area contributed by atoms with Crippen molar-refractivity contribution in [3.63, 3.8) is 0 Å². The molecule has 1 aliphatic heterocycles. The molecular weight excluding hydrogens is 442 g/mol. The van der Waals surface area contributed by atoms with Gasteiger partial charge in [-0.3, -0.25) is 14.7 Å². The van der Waals surface area contributed by atoms with Crippen LogP contribution in [0.15, 0.2) is 72.9 Å². The van der Waals surface area contributed by atoms with Crippen LogP contribution in [0.2, 0.25) is 0 Å². The van der Waals surface area contributed by atoms with Crippen molar-refractivity contribution < 1.29 is 19.0 Å². The standard InChI is InChI=1S/C28H33N3O4/c1-33-23-8-6-21(7-9-23)27(26-5-3-4-16-29-26)30-28(32)22-14-17-31(18-15-22)19-20-35-25-12-10-24(34-2)11-13-25/h3-13,16,22,27H,14-15,17-20H2,1-2H3,(H,30,32). The van der Waals surface area contributed by atoms with Gasteiger partial charge in [0.15, 0.2) is 0 Å². The van der Waals surface area contributed by atoms with Gasteiger partial charge in [-0.2, -0.15) is 0 Å². The van der Waals surface area contributed by atoms with Gasteiger partial charge >= 0.3 is 0 Å². The topological polar surface area (TPSA) is 72.9 Å².